The van der Waals surface area contributed by atoms with Crippen molar-refractivity contribution in [2.45, 2.75) is 6.42 Å². The number of nitrogens with zero attached hydrogens (tertiary/aromatic N) is 1. The summed E-state index contributed by atoms with van der Waals surface area (Å²) in [5.41, 5.74) is 0.655. The van der Waals surface area contributed by atoms with Gasteiger partial charge in [-0.25, -0.2) is 13.8 Å². The van der Waals surface area contributed by atoms with Gasteiger partial charge < -0.3 is 5.32 Å². The first-order valence-electron chi connectivity index (χ1n) is 5.34. The second-order valence-electron chi connectivity index (χ2n) is 3.63. The lowest BCUT2D eigenvalue weighted by molar-refractivity contribution is 0.610. The topological polar surface area (TPSA) is 24.9 Å². The number of halogens is 2. The summed E-state index contributed by atoms with van der Waals surface area (Å²) in [6.07, 6.45) is 1.71. The first-order chi connectivity index (χ1) is 8.25. The third-order valence-electron chi connectivity index (χ3n) is 2.39. The summed E-state index contributed by atoms with van der Waals surface area (Å²) < 4.78 is 25.9. The van der Waals surface area contributed by atoms with E-state index in [4.69, 9.17) is 0 Å². The smallest absolute Gasteiger partial charge is 0.141 e. The number of benzene rings is 1. The molecule has 0 saturated heterocycles. The standard InChI is InChI=1S/C13H12F2N2/c14-11-5-6-13(17-9-11)16-8-7-10-3-1-2-4-12(10)15/h1-6,9H,7-8H2,(H,16,17). The monoisotopic (exact) mass is 234 g/mol. The van der Waals surface area contributed by atoms with Gasteiger partial charge >= 0.3 is 0 Å². The SMILES string of the molecule is Fc1ccc(NCCc2ccccc2F)nc1. The van der Waals surface area contributed by atoms with Gasteiger partial charge in [0.15, 0.2) is 0 Å². The molecule has 4 heteroatoms. The molecule has 0 aliphatic rings. The molecule has 0 bridgehead atoms. The van der Waals surface area contributed by atoms with Gasteiger partial charge in [-0.15, -0.1) is 0 Å². The quantitative estimate of drug-likeness (QED) is 0.879. The van der Waals surface area contributed by atoms with Gasteiger partial charge in [0, 0.05) is 6.54 Å². The van der Waals surface area contributed by atoms with Crippen LogP contribution in [0.2, 0.25) is 0 Å². The highest BCUT2D eigenvalue weighted by molar-refractivity contribution is 5.33. The molecule has 0 spiro atoms. The minimum atomic E-state index is -0.371. The van der Waals surface area contributed by atoms with E-state index in [1.54, 1.807) is 24.3 Å². The van der Waals surface area contributed by atoms with E-state index in [9.17, 15) is 8.78 Å². The number of nitrogens with one attached hydrogen (secondary N) is 1. The first-order valence-corrected chi connectivity index (χ1v) is 5.34. The molecule has 0 aliphatic carbocycles. The van der Waals surface area contributed by atoms with Crippen LogP contribution in [0, 0.1) is 11.6 Å². The summed E-state index contributed by atoms with van der Waals surface area (Å²) in [5, 5.41) is 3.00. The van der Waals surface area contributed by atoms with Crippen LogP contribution in [-0.4, -0.2) is 11.5 Å². The fraction of sp³-hybridized carbons (Fsp3) is 0.154. The van der Waals surface area contributed by atoms with Crippen LogP contribution in [0.1, 0.15) is 5.56 Å². The van der Waals surface area contributed by atoms with Crippen molar-refractivity contribution >= 4 is 5.82 Å². The molecule has 0 aliphatic heterocycles. The number of rotatable bonds is 4. The lowest BCUT2D eigenvalue weighted by atomic mass is 10.1. The Balaban J connectivity index is 1.88. The third kappa shape index (κ3) is 3.24. The van der Waals surface area contributed by atoms with E-state index in [1.807, 2.05) is 0 Å². The van der Waals surface area contributed by atoms with Crippen LogP contribution in [0.15, 0.2) is 42.6 Å². The van der Waals surface area contributed by atoms with Gasteiger partial charge in [0.2, 0.25) is 0 Å². The van der Waals surface area contributed by atoms with Crippen molar-refractivity contribution in [1.82, 2.24) is 4.98 Å². The molecule has 0 radical (unpaired) electrons. The van der Waals surface area contributed by atoms with Crippen LogP contribution >= 0.6 is 0 Å². The predicted octanol–water partition coefficient (Wildman–Crippen LogP) is 3.01. The minimum Gasteiger partial charge on any atom is -0.370 e. The Kier molecular flexibility index (Phi) is 3.65. The normalized spacial score (nSPS) is 10.2. The molecule has 1 N–H and O–H groups in total. The van der Waals surface area contributed by atoms with Crippen LogP contribution in [0.4, 0.5) is 14.6 Å². The molecule has 0 atom stereocenters. The molecule has 2 rings (SSSR count). The minimum absolute atomic E-state index is 0.207. The van der Waals surface area contributed by atoms with Gasteiger partial charge in [0.25, 0.3) is 0 Å². The summed E-state index contributed by atoms with van der Waals surface area (Å²) in [4.78, 5) is 3.85. The Morgan fingerprint density at radius 2 is 1.88 bits per heavy atom. The molecule has 2 aromatic rings. The molecule has 1 heterocycles. The molecule has 1 aromatic carbocycles. The summed E-state index contributed by atoms with van der Waals surface area (Å²) in [7, 11) is 0. The molecule has 17 heavy (non-hydrogen) atoms. The van der Waals surface area contributed by atoms with Crippen molar-refractivity contribution in [3.63, 3.8) is 0 Å². The van der Waals surface area contributed by atoms with Crippen LogP contribution in [0.3, 0.4) is 0 Å². The maximum absolute atomic E-state index is 13.3. The Morgan fingerprint density at radius 1 is 1.06 bits per heavy atom. The van der Waals surface area contributed by atoms with Gasteiger partial charge in [-0.3, -0.25) is 0 Å². The van der Waals surface area contributed by atoms with E-state index in [2.05, 4.69) is 10.3 Å². The molecule has 0 saturated carbocycles. The fourth-order valence-corrected chi connectivity index (χ4v) is 1.51. The summed E-state index contributed by atoms with van der Waals surface area (Å²) >= 11 is 0. The maximum Gasteiger partial charge on any atom is 0.141 e. The van der Waals surface area contributed by atoms with Crippen molar-refractivity contribution in [1.29, 1.82) is 0 Å². The van der Waals surface area contributed by atoms with Crippen molar-refractivity contribution in [3.05, 3.63) is 59.8 Å². The zero-order valence-electron chi connectivity index (χ0n) is 9.16. The van der Waals surface area contributed by atoms with Gasteiger partial charge in [0.05, 0.1) is 6.20 Å². The van der Waals surface area contributed by atoms with E-state index >= 15 is 0 Å². The summed E-state index contributed by atoms with van der Waals surface area (Å²) in [6.45, 7) is 0.555. The fourth-order valence-electron chi connectivity index (χ4n) is 1.51. The molecule has 2 nitrogen and oxygen atoms in total. The highest BCUT2D eigenvalue weighted by Gasteiger charge is 2.00. The Bertz CT molecular complexity index is 483. The number of pyridine rings is 1. The molecule has 88 valence electrons. The molecule has 0 unspecified atom stereocenters. The number of anilines is 1. The first kappa shape index (κ1) is 11.5. The summed E-state index contributed by atoms with van der Waals surface area (Å²) in [5.74, 6) is 0.00811. The van der Waals surface area contributed by atoms with Gasteiger partial charge in [-0.2, -0.15) is 0 Å². The third-order valence-corrected chi connectivity index (χ3v) is 2.39. The largest absolute Gasteiger partial charge is 0.370 e. The predicted molar refractivity (Wildman–Crippen MR) is 62.8 cm³/mol. The van der Waals surface area contributed by atoms with E-state index < -0.39 is 0 Å². The second-order valence-corrected chi connectivity index (χ2v) is 3.63. The summed E-state index contributed by atoms with van der Waals surface area (Å²) in [6, 6.07) is 9.53. The van der Waals surface area contributed by atoms with E-state index in [0.29, 0.717) is 24.3 Å². The molecular formula is C13H12F2N2. The van der Waals surface area contributed by atoms with Crippen LogP contribution in [-0.2, 0) is 6.42 Å². The Morgan fingerprint density at radius 3 is 2.59 bits per heavy atom. The maximum atomic E-state index is 13.3. The van der Waals surface area contributed by atoms with Crippen molar-refractivity contribution < 1.29 is 8.78 Å². The highest BCUT2D eigenvalue weighted by Crippen LogP contribution is 2.08. The van der Waals surface area contributed by atoms with Crippen LogP contribution in [0.25, 0.3) is 0 Å². The van der Waals surface area contributed by atoms with E-state index in [1.165, 1.54) is 12.1 Å². The zero-order chi connectivity index (χ0) is 12.1. The van der Waals surface area contributed by atoms with E-state index in [0.717, 1.165) is 6.20 Å². The number of aromatic nitrogens is 1. The van der Waals surface area contributed by atoms with Crippen molar-refractivity contribution in [2.24, 2.45) is 0 Å². The highest BCUT2D eigenvalue weighted by atomic mass is 19.1. The molecule has 0 fully saturated rings. The molecule has 1 aromatic heterocycles. The second kappa shape index (κ2) is 5.39. The molecule has 0 amide bonds. The van der Waals surface area contributed by atoms with Crippen molar-refractivity contribution in [2.75, 3.05) is 11.9 Å². The molecular weight excluding hydrogens is 222 g/mol. The van der Waals surface area contributed by atoms with Crippen molar-refractivity contribution in [3.8, 4) is 0 Å². The van der Waals surface area contributed by atoms with Crippen LogP contribution in [0.5, 0.6) is 0 Å². The van der Waals surface area contributed by atoms with Gasteiger partial charge in [0.1, 0.15) is 17.5 Å². The lowest BCUT2D eigenvalue weighted by Crippen LogP contribution is -2.07. The van der Waals surface area contributed by atoms with Gasteiger partial charge in [-0.05, 0) is 30.2 Å². The zero-order valence-corrected chi connectivity index (χ0v) is 9.16. The van der Waals surface area contributed by atoms with E-state index in [-0.39, 0.29) is 11.6 Å². The average Bonchev–Trinajstić information content (AvgIpc) is 2.34. The Labute approximate surface area is 98.3 Å². The Hall–Kier alpha value is -1.97. The average molecular weight is 234 g/mol. The van der Waals surface area contributed by atoms with Gasteiger partial charge in [-0.1, -0.05) is 18.2 Å². The number of hydrogen-bond donors (Lipinski definition) is 1. The van der Waals surface area contributed by atoms with Crippen LogP contribution < -0.4 is 5.32 Å². The lowest BCUT2D eigenvalue weighted by Gasteiger charge is -2.06. The number of hydrogen-bond acceptors (Lipinski definition) is 2.